The van der Waals surface area contributed by atoms with Crippen molar-refractivity contribution in [1.29, 1.82) is 0 Å². The third kappa shape index (κ3) is 4.43. The molecule has 1 heterocycles. The van der Waals surface area contributed by atoms with Crippen LogP contribution >= 0.6 is 0 Å². The Hall–Kier alpha value is -4.06. The molecular weight excluding hydrogens is 390 g/mol. The van der Waals surface area contributed by atoms with Crippen LogP contribution in [0.1, 0.15) is 15.9 Å². The lowest BCUT2D eigenvalue weighted by Crippen LogP contribution is -2.12. The van der Waals surface area contributed by atoms with Crippen molar-refractivity contribution in [2.45, 2.75) is 6.92 Å². The van der Waals surface area contributed by atoms with Crippen LogP contribution in [-0.2, 0) is 0 Å². The summed E-state index contributed by atoms with van der Waals surface area (Å²) in [4.78, 5) is 20.7. The van der Waals surface area contributed by atoms with Crippen molar-refractivity contribution in [3.63, 3.8) is 0 Å². The summed E-state index contributed by atoms with van der Waals surface area (Å²) in [5.74, 6) is 1.60. The van der Waals surface area contributed by atoms with Crippen molar-refractivity contribution in [3.8, 4) is 34.1 Å². The zero-order valence-electron chi connectivity index (χ0n) is 17.6. The van der Waals surface area contributed by atoms with Crippen molar-refractivity contribution in [1.82, 2.24) is 9.97 Å². The Morgan fingerprint density at radius 2 is 1.65 bits per heavy atom. The first-order valence-electron chi connectivity index (χ1n) is 9.83. The first kappa shape index (κ1) is 20.2. The average molecular weight is 413 g/mol. The van der Waals surface area contributed by atoms with Gasteiger partial charge in [0.25, 0.3) is 5.91 Å². The molecule has 0 radical (unpaired) electrons. The molecule has 6 heteroatoms. The topological polar surface area (TPSA) is 76.2 Å². The van der Waals surface area contributed by atoms with E-state index in [1.165, 1.54) is 0 Å². The van der Waals surface area contributed by atoms with Gasteiger partial charge in [0.05, 0.1) is 26.1 Å². The van der Waals surface area contributed by atoms with Gasteiger partial charge >= 0.3 is 0 Å². The van der Waals surface area contributed by atoms with E-state index in [1.54, 1.807) is 32.4 Å². The van der Waals surface area contributed by atoms with E-state index in [4.69, 9.17) is 9.47 Å². The monoisotopic (exact) mass is 413 g/mol. The quantitative estimate of drug-likeness (QED) is 0.448. The number of aryl methyl sites for hydroxylation is 1. The van der Waals surface area contributed by atoms with Crippen molar-refractivity contribution in [3.05, 3.63) is 84.1 Å². The number of imidazole rings is 1. The number of amides is 1. The lowest BCUT2D eigenvalue weighted by molar-refractivity contribution is 0.102. The smallest absolute Gasteiger partial charge is 0.255 e. The molecule has 0 spiro atoms. The van der Waals surface area contributed by atoms with Gasteiger partial charge in [0, 0.05) is 22.9 Å². The van der Waals surface area contributed by atoms with Gasteiger partial charge in [-0.2, -0.15) is 0 Å². The number of carbonyl (C=O) groups is 1. The second-order valence-electron chi connectivity index (χ2n) is 7.10. The number of rotatable bonds is 6. The fraction of sp³-hybridized carbons (Fsp3) is 0.120. The van der Waals surface area contributed by atoms with Crippen molar-refractivity contribution < 1.29 is 14.3 Å². The zero-order chi connectivity index (χ0) is 21.8. The number of hydrogen-bond donors (Lipinski definition) is 2. The van der Waals surface area contributed by atoms with Gasteiger partial charge in [-0.05, 0) is 42.3 Å². The molecule has 0 bridgehead atoms. The Morgan fingerprint density at radius 1 is 0.935 bits per heavy atom. The van der Waals surface area contributed by atoms with E-state index < -0.39 is 0 Å². The molecule has 4 rings (SSSR count). The predicted molar refractivity (Wildman–Crippen MR) is 122 cm³/mol. The molecule has 4 aromatic rings. The van der Waals surface area contributed by atoms with Gasteiger partial charge < -0.3 is 19.8 Å². The zero-order valence-corrected chi connectivity index (χ0v) is 17.6. The molecule has 1 amide bonds. The minimum Gasteiger partial charge on any atom is -0.497 e. The fourth-order valence-corrected chi connectivity index (χ4v) is 3.32. The van der Waals surface area contributed by atoms with E-state index in [9.17, 15) is 4.79 Å². The number of methoxy groups -OCH3 is 2. The molecule has 0 unspecified atom stereocenters. The first-order valence-corrected chi connectivity index (χ1v) is 9.83. The Kier molecular flexibility index (Phi) is 5.71. The molecular formula is C25H23N3O3. The number of hydrogen-bond acceptors (Lipinski definition) is 4. The van der Waals surface area contributed by atoms with Crippen LogP contribution in [0.2, 0.25) is 0 Å². The third-order valence-corrected chi connectivity index (χ3v) is 5.02. The number of nitrogens with one attached hydrogen (secondary N) is 2. The Balaban J connectivity index is 1.60. The molecule has 0 atom stereocenters. The number of aromatic nitrogens is 2. The highest BCUT2D eigenvalue weighted by molar-refractivity contribution is 6.05. The molecule has 2 N–H and O–H groups in total. The molecule has 0 aliphatic carbocycles. The van der Waals surface area contributed by atoms with E-state index in [0.29, 0.717) is 22.7 Å². The van der Waals surface area contributed by atoms with Gasteiger partial charge in [-0.15, -0.1) is 0 Å². The van der Waals surface area contributed by atoms with Crippen LogP contribution in [0.3, 0.4) is 0 Å². The highest BCUT2D eigenvalue weighted by Crippen LogP contribution is 2.28. The lowest BCUT2D eigenvalue weighted by Gasteiger charge is -2.11. The van der Waals surface area contributed by atoms with Crippen LogP contribution < -0.4 is 14.8 Å². The van der Waals surface area contributed by atoms with E-state index in [1.807, 2.05) is 61.7 Å². The van der Waals surface area contributed by atoms with Gasteiger partial charge in [0.1, 0.15) is 17.3 Å². The van der Waals surface area contributed by atoms with Crippen LogP contribution in [0.15, 0.2) is 72.9 Å². The second-order valence-corrected chi connectivity index (χ2v) is 7.10. The lowest BCUT2D eigenvalue weighted by atomic mass is 10.1. The number of benzene rings is 3. The van der Waals surface area contributed by atoms with Crippen molar-refractivity contribution >= 4 is 11.6 Å². The largest absolute Gasteiger partial charge is 0.497 e. The average Bonchev–Trinajstić information content (AvgIpc) is 3.30. The summed E-state index contributed by atoms with van der Waals surface area (Å²) in [7, 11) is 3.10. The summed E-state index contributed by atoms with van der Waals surface area (Å²) in [6.45, 7) is 2.01. The van der Waals surface area contributed by atoms with Gasteiger partial charge in [-0.1, -0.05) is 36.4 Å². The highest BCUT2D eigenvalue weighted by Gasteiger charge is 2.13. The summed E-state index contributed by atoms with van der Waals surface area (Å²) in [5, 5.41) is 2.94. The first-order chi connectivity index (χ1) is 15.1. The molecule has 0 fully saturated rings. The van der Waals surface area contributed by atoms with Gasteiger partial charge in [0.15, 0.2) is 0 Å². The predicted octanol–water partition coefficient (Wildman–Crippen LogP) is 5.32. The normalized spacial score (nSPS) is 10.5. The maximum atomic E-state index is 12.8. The SMILES string of the molecule is COc1cc(OC)cc(C(=O)Nc2ccc(C)c(-c3ncc(-c4ccccc4)[nH]3)c2)c1. The minimum absolute atomic E-state index is 0.253. The number of nitrogens with zero attached hydrogens (tertiary/aromatic N) is 1. The number of carbonyl (C=O) groups excluding carboxylic acids is 1. The van der Waals surface area contributed by atoms with Gasteiger partial charge in [-0.25, -0.2) is 4.98 Å². The molecule has 6 nitrogen and oxygen atoms in total. The van der Waals surface area contributed by atoms with Crippen LogP contribution in [0.5, 0.6) is 11.5 Å². The number of ether oxygens (including phenoxy) is 2. The highest BCUT2D eigenvalue weighted by atomic mass is 16.5. The Bertz CT molecular complexity index is 1190. The van der Waals surface area contributed by atoms with Crippen LogP contribution in [0.25, 0.3) is 22.6 Å². The second kappa shape index (κ2) is 8.75. The number of anilines is 1. The van der Waals surface area contributed by atoms with Crippen LogP contribution in [0, 0.1) is 6.92 Å². The van der Waals surface area contributed by atoms with Crippen molar-refractivity contribution in [2.75, 3.05) is 19.5 Å². The maximum absolute atomic E-state index is 12.8. The van der Waals surface area contributed by atoms with E-state index in [-0.39, 0.29) is 5.91 Å². The number of aromatic amines is 1. The standard InChI is InChI=1S/C25H23N3O3/c1-16-9-10-19(27-25(29)18-11-20(30-2)14-21(12-18)31-3)13-22(16)24-26-15-23(28-24)17-7-5-4-6-8-17/h4-15H,1-3H3,(H,26,28)(H,27,29). The Morgan fingerprint density at radius 3 is 2.32 bits per heavy atom. The summed E-state index contributed by atoms with van der Waals surface area (Å²) >= 11 is 0. The van der Waals surface area contributed by atoms with Crippen LogP contribution in [-0.4, -0.2) is 30.1 Å². The Labute approximate surface area is 180 Å². The molecule has 1 aromatic heterocycles. The molecule has 0 saturated heterocycles. The van der Waals surface area contributed by atoms with Crippen molar-refractivity contribution in [2.24, 2.45) is 0 Å². The van der Waals surface area contributed by atoms with E-state index in [2.05, 4.69) is 15.3 Å². The van der Waals surface area contributed by atoms with E-state index in [0.717, 1.165) is 28.2 Å². The molecule has 156 valence electrons. The third-order valence-electron chi connectivity index (χ3n) is 5.02. The van der Waals surface area contributed by atoms with Crippen LogP contribution in [0.4, 0.5) is 5.69 Å². The minimum atomic E-state index is -0.253. The molecule has 0 aliphatic heterocycles. The summed E-state index contributed by atoms with van der Waals surface area (Å²) in [6, 6.07) is 20.8. The molecule has 3 aromatic carbocycles. The van der Waals surface area contributed by atoms with Gasteiger partial charge in [0.2, 0.25) is 0 Å². The fourth-order valence-electron chi connectivity index (χ4n) is 3.32. The molecule has 0 aliphatic rings. The molecule has 31 heavy (non-hydrogen) atoms. The summed E-state index contributed by atoms with van der Waals surface area (Å²) in [5.41, 5.74) is 5.09. The van der Waals surface area contributed by atoms with E-state index >= 15 is 0 Å². The molecule has 0 saturated carbocycles. The summed E-state index contributed by atoms with van der Waals surface area (Å²) in [6.07, 6.45) is 1.82. The van der Waals surface area contributed by atoms with Gasteiger partial charge in [-0.3, -0.25) is 4.79 Å². The maximum Gasteiger partial charge on any atom is 0.255 e. The summed E-state index contributed by atoms with van der Waals surface area (Å²) < 4.78 is 10.5. The number of H-pyrrole nitrogens is 1.